The summed E-state index contributed by atoms with van der Waals surface area (Å²) in [5.74, 6) is 0.801. The van der Waals surface area contributed by atoms with Crippen molar-refractivity contribution < 1.29 is 28.5 Å². The number of carbonyl (C=O) groups excluding carboxylic acids is 2. The monoisotopic (exact) mass is 337 g/mol. The minimum Gasteiger partial charge on any atom is -0.466 e. The third kappa shape index (κ3) is 5.42. The molecule has 0 atom stereocenters. The maximum absolute atomic E-state index is 11.8. The highest BCUT2D eigenvalue weighted by Gasteiger charge is 2.17. The Hall–Kier alpha value is -2.28. The summed E-state index contributed by atoms with van der Waals surface area (Å²) in [6.07, 6.45) is 0.220. The van der Waals surface area contributed by atoms with Gasteiger partial charge in [-0.25, -0.2) is 0 Å². The molecule has 0 unspecified atom stereocenters. The van der Waals surface area contributed by atoms with Crippen molar-refractivity contribution in [2.45, 2.75) is 26.8 Å². The Kier molecular flexibility index (Phi) is 6.87. The van der Waals surface area contributed by atoms with Crippen LogP contribution in [0.15, 0.2) is 18.2 Å². The summed E-state index contributed by atoms with van der Waals surface area (Å²) < 4.78 is 20.6. The Morgan fingerprint density at radius 2 is 1.79 bits per heavy atom. The van der Waals surface area contributed by atoms with Gasteiger partial charge in [0.2, 0.25) is 6.79 Å². The normalized spacial score (nSPS) is 12.3. The lowest BCUT2D eigenvalue weighted by molar-refractivity contribution is -0.147. The van der Waals surface area contributed by atoms with Crippen LogP contribution in [0.1, 0.15) is 25.8 Å². The number of fused-ring (bicyclic) bond motifs is 1. The van der Waals surface area contributed by atoms with Crippen LogP contribution in [0, 0.1) is 0 Å². The molecule has 0 fully saturated rings. The van der Waals surface area contributed by atoms with E-state index < -0.39 is 0 Å². The molecule has 0 aliphatic carbocycles. The Morgan fingerprint density at radius 3 is 2.54 bits per heavy atom. The summed E-state index contributed by atoms with van der Waals surface area (Å²) in [5, 5.41) is 0. The van der Waals surface area contributed by atoms with Crippen LogP contribution in [0.2, 0.25) is 0 Å². The van der Waals surface area contributed by atoms with E-state index in [1.807, 2.05) is 23.1 Å². The molecule has 0 N–H and O–H groups in total. The minimum atomic E-state index is -0.317. The van der Waals surface area contributed by atoms with E-state index in [4.69, 9.17) is 18.9 Å². The van der Waals surface area contributed by atoms with Gasteiger partial charge >= 0.3 is 11.9 Å². The number of nitrogens with zero attached hydrogens (tertiary/aromatic N) is 1. The van der Waals surface area contributed by atoms with Gasteiger partial charge in [-0.3, -0.25) is 14.5 Å². The molecule has 7 nitrogen and oxygen atoms in total. The fourth-order valence-corrected chi connectivity index (χ4v) is 2.38. The molecule has 2 rings (SSSR count). The van der Waals surface area contributed by atoms with Gasteiger partial charge in [-0.15, -0.1) is 0 Å². The quantitative estimate of drug-likeness (QED) is 0.635. The van der Waals surface area contributed by atoms with Crippen molar-refractivity contribution in [2.24, 2.45) is 0 Å². The molecule has 0 bridgehead atoms. The molecule has 132 valence electrons. The number of hydrogen-bond acceptors (Lipinski definition) is 7. The number of hydrogen-bond donors (Lipinski definition) is 0. The van der Waals surface area contributed by atoms with Crippen LogP contribution in [0.3, 0.4) is 0 Å². The summed E-state index contributed by atoms with van der Waals surface area (Å²) in [5.41, 5.74) is 0.965. The first-order valence-electron chi connectivity index (χ1n) is 8.04. The number of carbonyl (C=O) groups is 2. The molecule has 0 saturated carbocycles. The number of esters is 2. The molecule has 0 aromatic heterocycles. The molecule has 0 amide bonds. The van der Waals surface area contributed by atoms with Crippen LogP contribution < -0.4 is 9.47 Å². The maximum Gasteiger partial charge on any atom is 0.320 e. The van der Waals surface area contributed by atoms with E-state index in [9.17, 15) is 9.59 Å². The fourth-order valence-electron chi connectivity index (χ4n) is 2.38. The second kappa shape index (κ2) is 9.12. The summed E-state index contributed by atoms with van der Waals surface area (Å²) in [7, 11) is 0. The van der Waals surface area contributed by atoms with Gasteiger partial charge in [0.15, 0.2) is 11.5 Å². The van der Waals surface area contributed by atoms with Crippen LogP contribution in [0.25, 0.3) is 0 Å². The second-order valence-electron chi connectivity index (χ2n) is 5.26. The molecular weight excluding hydrogens is 314 g/mol. The smallest absolute Gasteiger partial charge is 0.320 e. The van der Waals surface area contributed by atoms with Crippen LogP contribution in [-0.4, -0.2) is 49.9 Å². The molecule has 1 heterocycles. The van der Waals surface area contributed by atoms with Crippen LogP contribution in [0.5, 0.6) is 11.5 Å². The molecule has 0 saturated heterocycles. The zero-order valence-electron chi connectivity index (χ0n) is 14.1. The highest BCUT2D eigenvalue weighted by atomic mass is 16.7. The number of rotatable bonds is 9. The minimum absolute atomic E-state index is 0.113. The molecule has 1 aromatic rings. The standard InChI is InChI=1S/C17H23NO6/c1-3-21-16(19)7-8-18(11-17(20)22-4-2)10-13-5-6-14-15(9-13)24-12-23-14/h5-6,9H,3-4,7-8,10-12H2,1-2H3. The highest BCUT2D eigenvalue weighted by Crippen LogP contribution is 2.32. The summed E-state index contributed by atoms with van der Waals surface area (Å²) >= 11 is 0. The van der Waals surface area contributed by atoms with Gasteiger partial charge in [0, 0.05) is 13.1 Å². The zero-order valence-corrected chi connectivity index (χ0v) is 14.1. The first kappa shape index (κ1) is 18.1. The lowest BCUT2D eigenvalue weighted by Gasteiger charge is -2.21. The van der Waals surface area contributed by atoms with Crippen molar-refractivity contribution in [3.8, 4) is 11.5 Å². The zero-order chi connectivity index (χ0) is 17.4. The summed E-state index contributed by atoms with van der Waals surface area (Å²) in [6.45, 7) is 5.43. The molecule has 1 aliphatic heterocycles. The highest BCUT2D eigenvalue weighted by molar-refractivity contribution is 5.72. The third-order valence-corrected chi connectivity index (χ3v) is 3.44. The fraction of sp³-hybridized carbons (Fsp3) is 0.529. The van der Waals surface area contributed by atoms with Gasteiger partial charge in [-0.05, 0) is 31.5 Å². The van der Waals surface area contributed by atoms with Crippen molar-refractivity contribution in [3.05, 3.63) is 23.8 Å². The molecule has 7 heteroatoms. The Labute approximate surface area is 141 Å². The lowest BCUT2D eigenvalue weighted by atomic mass is 10.2. The maximum atomic E-state index is 11.8. The third-order valence-electron chi connectivity index (χ3n) is 3.44. The Bertz CT molecular complexity index is 574. The van der Waals surface area contributed by atoms with E-state index >= 15 is 0 Å². The summed E-state index contributed by atoms with van der Waals surface area (Å²) in [4.78, 5) is 25.2. The topological polar surface area (TPSA) is 74.3 Å². The Balaban J connectivity index is 1.98. The van der Waals surface area contributed by atoms with Crippen LogP contribution in [0.4, 0.5) is 0 Å². The van der Waals surface area contributed by atoms with E-state index in [1.165, 1.54) is 0 Å². The van der Waals surface area contributed by atoms with E-state index in [0.717, 1.165) is 5.56 Å². The summed E-state index contributed by atoms with van der Waals surface area (Å²) in [6, 6.07) is 5.63. The lowest BCUT2D eigenvalue weighted by Crippen LogP contribution is -2.32. The van der Waals surface area contributed by atoms with E-state index in [1.54, 1.807) is 13.8 Å². The van der Waals surface area contributed by atoms with Gasteiger partial charge in [-0.1, -0.05) is 6.07 Å². The van der Waals surface area contributed by atoms with Crippen LogP contribution >= 0.6 is 0 Å². The SMILES string of the molecule is CCOC(=O)CCN(CC(=O)OCC)Cc1ccc2c(c1)OCO2. The van der Waals surface area contributed by atoms with E-state index in [2.05, 4.69) is 0 Å². The molecule has 0 spiro atoms. The molecule has 1 aliphatic rings. The van der Waals surface area contributed by atoms with Gasteiger partial charge in [0.25, 0.3) is 0 Å². The van der Waals surface area contributed by atoms with Crippen molar-refractivity contribution in [1.29, 1.82) is 0 Å². The largest absolute Gasteiger partial charge is 0.466 e. The number of benzene rings is 1. The predicted octanol–water partition coefficient (Wildman–Crippen LogP) is 1.73. The Morgan fingerprint density at radius 1 is 1.08 bits per heavy atom. The van der Waals surface area contributed by atoms with Crippen molar-refractivity contribution >= 4 is 11.9 Å². The van der Waals surface area contributed by atoms with E-state index in [-0.39, 0.29) is 31.7 Å². The average molecular weight is 337 g/mol. The molecular formula is C17H23NO6. The molecule has 1 aromatic carbocycles. The van der Waals surface area contributed by atoms with E-state index in [0.29, 0.717) is 37.8 Å². The van der Waals surface area contributed by atoms with Gasteiger partial charge in [-0.2, -0.15) is 0 Å². The van der Waals surface area contributed by atoms with Gasteiger partial charge < -0.3 is 18.9 Å². The molecule has 24 heavy (non-hydrogen) atoms. The van der Waals surface area contributed by atoms with Crippen molar-refractivity contribution in [1.82, 2.24) is 4.90 Å². The second-order valence-corrected chi connectivity index (χ2v) is 5.26. The number of ether oxygens (including phenoxy) is 4. The molecule has 0 radical (unpaired) electrons. The predicted molar refractivity (Wildman–Crippen MR) is 85.7 cm³/mol. The van der Waals surface area contributed by atoms with Gasteiger partial charge in [0.05, 0.1) is 26.2 Å². The van der Waals surface area contributed by atoms with Gasteiger partial charge in [0.1, 0.15) is 0 Å². The van der Waals surface area contributed by atoms with Crippen LogP contribution in [-0.2, 0) is 25.6 Å². The van der Waals surface area contributed by atoms with Crippen molar-refractivity contribution in [2.75, 3.05) is 33.1 Å². The first-order valence-corrected chi connectivity index (χ1v) is 8.04. The first-order chi connectivity index (χ1) is 11.6. The average Bonchev–Trinajstić information content (AvgIpc) is 3.01. The van der Waals surface area contributed by atoms with Crippen molar-refractivity contribution in [3.63, 3.8) is 0 Å².